The minimum absolute atomic E-state index is 0.0704. The zero-order valence-corrected chi connectivity index (χ0v) is 11.2. The topological polar surface area (TPSA) is 75.7 Å². The van der Waals surface area contributed by atoms with E-state index >= 15 is 0 Å². The summed E-state index contributed by atoms with van der Waals surface area (Å²) in [4.78, 5) is 18.5. The average Bonchev–Trinajstić information content (AvgIpc) is 2.86. The number of benzene rings is 2. The van der Waals surface area contributed by atoms with Crippen LogP contribution >= 0.6 is 0 Å². The quantitative estimate of drug-likeness (QED) is 0.330. The van der Waals surface area contributed by atoms with Crippen molar-refractivity contribution in [3.05, 3.63) is 52.6 Å². The zero-order chi connectivity index (χ0) is 14.6. The van der Waals surface area contributed by atoms with Crippen LogP contribution in [0.15, 0.2) is 42.5 Å². The van der Waals surface area contributed by atoms with Crippen LogP contribution in [0.5, 0.6) is 0 Å². The van der Waals surface area contributed by atoms with Gasteiger partial charge in [-0.05, 0) is 18.2 Å². The number of para-hydroxylation sites is 2. The summed E-state index contributed by atoms with van der Waals surface area (Å²) in [5.74, 6) is 0. The SMILES string of the molecule is C[n+]1c2ccccc2nc2c3cc([N+](=O)[O-])ccc3[nH]c21. The van der Waals surface area contributed by atoms with E-state index < -0.39 is 0 Å². The molecule has 0 spiro atoms. The van der Waals surface area contributed by atoms with E-state index in [9.17, 15) is 10.1 Å². The van der Waals surface area contributed by atoms with E-state index in [4.69, 9.17) is 0 Å². The highest BCUT2D eigenvalue weighted by Crippen LogP contribution is 2.27. The maximum absolute atomic E-state index is 11.0. The molecule has 4 rings (SSSR count). The molecule has 2 aromatic carbocycles. The van der Waals surface area contributed by atoms with Crippen LogP contribution < -0.4 is 4.57 Å². The van der Waals surface area contributed by atoms with Gasteiger partial charge in [-0.3, -0.25) is 10.1 Å². The Balaban J connectivity index is 2.21. The van der Waals surface area contributed by atoms with Gasteiger partial charge in [-0.15, -0.1) is 0 Å². The summed E-state index contributed by atoms with van der Waals surface area (Å²) >= 11 is 0. The van der Waals surface area contributed by atoms with Gasteiger partial charge in [0.05, 0.1) is 17.4 Å². The van der Waals surface area contributed by atoms with Crippen molar-refractivity contribution in [3.63, 3.8) is 0 Å². The van der Waals surface area contributed by atoms with Crippen LogP contribution in [-0.4, -0.2) is 14.9 Å². The number of nitrogens with zero attached hydrogens (tertiary/aromatic N) is 3. The summed E-state index contributed by atoms with van der Waals surface area (Å²) in [7, 11) is 1.95. The molecule has 0 saturated carbocycles. The predicted octanol–water partition coefficient (Wildman–Crippen LogP) is 2.60. The van der Waals surface area contributed by atoms with Crippen LogP contribution in [-0.2, 0) is 7.05 Å². The van der Waals surface area contributed by atoms with Crippen LogP contribution in [0.25, 0.3) is 33.1 Å². The number of aromatic nitrogens is 3. The number of hydrogen-bond acceptors (Lipinski definition) is 3. The predicted molar refractivity (Wildman–Crippen MR) is 78.9 cm³/mol. The molecule has 2 heterocycles. The van der Waals surface area contributed by atoms with Crippen molar-refractivity contribution in [3.8, 4) is 0 Å². The molecule has 102 valence electrons. The van der Waals surface area contributed by atoms with Crippen LogP contribution in [0.4, 0.5) is 5.69 Å². The van der Waals surface area contributed by atoms with Crippen LogP contribution in [0.1, 0.15) is 0 Å². The van der Waals surface area contributed by atoms with Crippen LogP contribution in [0.3, 0.4) is 0 Å². The van der Waals surface area contributed by atoms with E-state index in [2.05, 4.69) is 9.97 Å². The maximum atomic E-state index is 11.0. The Kier molecular flexibility index (Phi) is 2.24. The lowest BCUT2D eigenvalue weighted by atomic mass is 10.2. The van der Waals surface area contributed by atoms with E-state index in [1.807, 2.05) is 35.9 Å². The van der Waals surface area contributed by atoms with Gasteiger partial charge in [-0.1, -0.05) is 12.1 Å². The first-order chi connectivity index (χ1) is 10.1. The van der Waals surface area contributed by atoms with Crippen molar-refractivity contribution in [1.82, 2.24) is 9.97 Å². The highest BCUT2D eigenvalue weighted by atomic mass is 16.6. The first-order valence-corrected chi connectivity index (χ1v) is 6.50. The van der Waals surface area contributed by atoms with Gasteiger partial charge in [0.15, 0.2) is 11.0 Å². The van der Waals surface area contributed by atoms with E-state index in [-0.39, 0.29) is 10.6 Å². The molecule has 1 N–H and O–H groups in total. The standard InChI is InChI=1S/C15H10N4O2/c1-18-13-5-3-2-4-12(13)16-14-10-8-9(19(20)21)6-7-11(10)17-15(14)18/h2-8H,1H3/p+1. The molecule has 0 bridgehead atoms. The Hall–Kier alpha value is -3.02. The summed E-state index contributed by atoms with van der Waals surface area (Å²) < 4.78 is 2.02. The van der Waals surface area contributed by atoms with Gasteiger partial charge >= 0.3 is 5.65 Å². The van der Waals surface area contributed by atoms with Crippen molar-refractivity contribution in [2.75, 3.05) is 0 Å². The summed E-state index contributed by atoms with van der Waals surface area (Å²) in [6.45, 7) is 0. The molecule has 0 amide bonds. The number of hydrogen-bond donors (Lipinski definition) is 1. The second kappa shape index (κ2) is 3.99. The molecule has 6 heteroatoms. The second-order valence-corrected chi connectivity index (χ2v) is 4.97. The molecular formula is C15H11N4O2+. The van der Waals surface area contributed by atoms with Gasteiger partial charge < -0.3 is 0 Å². The fraction of sp³-hybridized carbons (Fsp3) is 0.0667. The summed E-state index contributed by atoms with van der Waals surface area (Å²) in [5, 5.41) is 11.7. The Morgan fingerprint density at radius 3 is 2.86 bits per heavy atom. The lowest BCUT2D eigenvalue weighted by Gasteiger charge is -1.99. The minimum Gasteiger partial charge on any atom is -0.258 e. The molecule has 0 fully saturated rings. The van der Waals surface area contributed by atoms with Crippen LogP contribution in [0.2, 0.25) is 0 Å². The van der Waals surface area contributed by atoms with Gasteiger partial charge in [-0.25, -0.2) is 14.5 Å². The molecule has 21 heavy (non-hydrogen) atoms. The molecule has 0 radical (unpaired) electrons. The van der Waals surface area contributed by atoms with E-state index in [0.29, 0.717) is 0 Å². The second-order valence-electron chi connectivity index (χ2n) is 4.97. The number of non-ortho nitro benzene ring substituents is 1. The van der Waals surface area contributed by atoms with Gasteiger partial charge in [-0.2, -0.15) is 0 Å². The number of rotatable bonds is 1. The normalized spacial score (nSPS) is 11.5. The smallest absolute Gasteiger partial charge is 0.258 e. The Morgan fingerprint density at radius 2 is 2.05 bits per heavy atom. The fourth-order valence-corrected chi connectivity index (χ4v) is 2.70. The number of H-pyrrole nitrogens is 1. The number of nitrogens with one attached hydrogen (secondary N) is 1. The molecule has 0 saturated heterocycles. The third-order valence-electron chi connectivity index (χ3n) is 3.76. The van der Waals surface area contributed by atoms with E-state index in [1.165, 1.54) is 6.07 Å². The van der Waals surface area contributed by atoms with E-state index in [1.54, 1.807) is 12.1 Å². The summed E-state index contributed by atoms with van der Waals surface area (Å²) in [6.07, 6.45) is 0. The summed E-state index contributed by atoms with van der Waals surface area (Å²) in [5.41, 5.74) is 4.38. The molecular weight excluding hydrogens is 268 g/mol. The highest BCUT2D eigenvalue weighted by Gasteiger charge is 2.19. The van der Waals surface area contributed by atoms with Crippen molar-refractivity contribution in [1.29, 1.82) is 0 Å². The molecule has 0 aliphatic heterocycles. The van der Waals surface area contributed by atoms with E-state index in [0.717, 1.165) is 33.1 Å². The van der Waals surface area contributed by atoms with Crippen molar-refractivity contribution in [2.45, 2.75) is 0 Å². The third kappa shape index (κ3) is 1.59. The maximum Gasteiger partial charge on any atom is 0.306 e. The molecule has 4 aromatic rings. The number of aryl methyl sites for hydroxylation is 1. The molecule has 0 aliphatic rings. The van der Waals surface area contributed by atoms with Crippen molar-refractivity contribution in [2.24, 2.45) is 7.05 Å². The largest absolute Gasteiger partial charge is 0.306 e. The van der Waals surface area contributed by atoms with Gasteiger partial charge in [0.25, 0.3) is 5.69 Å². The fourth-order valence-electron chi connectivity index (χ4n) is 2.70. The van der Waals surface area contributed by atoms with Crippen LogP contribution in [0, 0.1) is 10.1 Å². The summed E-state index contributed by atoms with van der Waals surface area (Å²) in [6, 6.07) is 12.6. The van der Waals surface area contributed by atoms with Crippen molar-refractivity contribution >= 4 is 38.8 Å². The van der Waals surface area contributed by atoms with Gasteiger partial charge in [0.1, 0.15) is 11.0 Å². The molecule has 2 aromatic heterocycles. The lowest BCUT2D eigenvalue weighted by molar-refractivity contribution is -0.619. The lowest BCUT2D eigenvalue weighted by Crippen LogP contribution is -2.30. The first-order valence-electron chi connectivity index (χ1n) is 6.50. The molecule has 0 aliphatic carbocycles. The monoisotopic (exact) mass is 279 g/mol. The average molecular weight is 279 g/mol. The number of aromatic amines is 1. The minimum atomic E-state index is -0.390. The zero-order valence-electron chi connectivity index (χ0n) is 11.2. The third-order valence-corrected chi connectivity index (χ3v) is 3.76. The van der Waals surface area contributed by atoms with Gasteiger partial charge in [0, 0.05) is 12.1 Å². The highest BCUT2D eigenvalue weighted by molar-refractivity contribution is 6.04. The van der Waals surface area contributed by atoms with Gasteiger partial charge in [0.2, 0.25) is 0 Å². The number of nitro benzene ring substituents is 1. The number of nitro groups is 1. The molecule has 0 atom stereocenters. The Labute approximate surface area is 118 Å². The first kappa shape index (κ1) is 11.8. The van der Waals surface area contributed by atoms with Crippen molar-refractivity contribution < 1.29 is 9.49 Å². The Morgan fingerprint density at radius 1 is 1.24 bits per heavy atom. The number of fused-ring (bicyclic) bond motifs is 4. The molecule has 6 nitrogen and oxygen atoms in total. The Bertz CT molecular complexity index is 1040. The molecule has 0 unspecified atom stereocenters.